The number of fused-ring (bicyclic) bond motifs is 1. The number of benzene rings is 1. The predicted octanol–water partition coefficient (Wildman–Crippen LogP) is 2.65. The van der Waals surface area contributed by atoms with Gasteiger partial charge in [0.25, 0.3) is 5.91 Å². The number of nitrogens with one attached hydrogen (secondary N) is 2. The maximum Gasteiger partial charge on any atom is 0.253 e. The maximum atomic E-state index is 12.2. The zero-order valence-electron chi connectivity index (χ0n) is 11.1. The standard InChI is InChI=1S/C15H15N3O2/c1-2-10-7-17-14(20-10)9-18-15(19)12-8-16-13-6-4-3-5-11(12)13/h3-8,16H,2,9H2,1H3,(H,18,19). The van der Waals surface area contributed by atoms with Crippen molar-refractivity contribution in [1.82, 2.24) is 15.3 Å². The van der Waals surface area contributed by atoms with Gasteiger partial charge in [0.05, 0.1) is 18.3 Å². The third-order valence-electron chi connectivity index (χ3n) is 3.18. The van der Waals surface area contributed by atoms with Crippen molar-refractivity contribution in [1.29, 1.82) is 0 Å². The molecule has 1 aromatic carbocycles. The van der Waals surface area contributed by atoms with Crippen LogP contribution in [0, 0.1) is 0 Å². The molecule has 3 rings (SSSR count). The minimum absolute atomic E-state index is 0.140. The largest absolute Gasteiger partial charge is 0.444 e. The van der Waals surface area contributed by atoms with E-state index in [0.29, 0.717) is 18.0 Å². The Balaban J connectivity index is 1.73. The first-order valence-corrected chi connectivity index (χ1v) is 6.56. The third kappa shape index (κ3) is 2.30. The van der Waals surface area contributed by atoms with Gasteiger partial charge >= 0.3 is 0 Å². The van der Waals surface area contributed by atoms with Gasteiger partial charge in [0.15, 0.2) is 0 Å². The number of nitrogens with zero attached hydrogens (tertiary/aromatic N) is 1. The van der Waals surface area contributed by atoms with Gasteiger partial charge < -0.3 is 14.7 Å². The molecule has 0 aliphatic carbocycles. The van der Waals surface area contributed by atoms with E-state index in [2.05, 4.69) is 15.3 Å². The van der Waals surface area contributed by atoms with E-state index >= 15 is 0 Å². The number of carbonyl (C=O) groups is 1. The van der Waals surface area contributed by atoms with Crippen LogP contribution in [0.2, 0.25) is 0 Å². The minimum Gasteiger partial charge on any atom is -0.444 e. The number of para-hydroxylation sites is 1. The molecule has 3 aromatic rings. The summed E-state index contributed by atoms with van der Waals surface area (Å²) in [4.78, 5) is 19.4. The van der Waals surface area contributed by atoms with Crippen molar-refractivity contribution in [2.24, 2.45) is 0 Å². The molecular weight excluding hydrogens is 254 g/mol. The van der Waals surface area contributed by atoms with E-state index < -0.39 is 0 Å². The topological polar surface area (TPSA) is 70.9 Å². The van der Waals surface area contributed by atoms with Crippen molar-refractivity contribution in [3.63, 3.8) is 0 Å². The van der Waals surface area contributed by atoms with Crippen molar-refractivity contribution < 1.29 is 9.21 Å². The second-order valence-corrected chi connectivity index (χ2v) is 4.50. The van der Waals surface area contributed by atoms with Gasteiger partial charge in [-0.15, -0.1) is 0 Å². The first kappa shape index (κ1) is 12.5. The summed E-state index contributed by atoms with van der Waals surface area (Å²) in [6, 6.07) is 7.70. The van der Waals surface area contributed by atoms with E-state index in [1.54, 1.807) is 12.4 Å². The number of carbonyl (C=O) groups excluding carboxylic acids is 1. The Morgan fingerprint density at radius 3 is 3.05 bits per heavy atom. The van der Waals surface area contributed by atoms with Gasteiger partial charge in [-0.1, -0.05) is 25.1 Å². The second-order valence-electron chi connectivity index (χ2n) is 4.50. The van der Waals surface area contributed by atoms with Crippen molar-refractivity contribution in [2.75, 3.05) is 0 Å². The molecule has 2 heterocycles. The molecule has 5 heteroatoms. The fraction of sp³-hybridized carbons (Fsp3) is 0.200. The number of rotatable bonds is 4. The molecular formula is C15H15N3O2. The summed E-state index contributed by atoms with van der Waals surface area (Å²) >= 11 is 0. The van der Waals surface area contributed by atoms with Crippen LogP contribution in [0.5, 0.6) is 0 Å². The number of aryl methyl sites for hydroxylation is 1. The van der Waals surface area contributed by atoms with E-state index in [1.807, 2.05) is 31.2 Å². The molecule has 0 bridgehead atoms. The number of aromatic nitrogens is 2. The molecule has 0 saturated heterocycles. The van der Waals surface area contributed by atoms with Crippen LogP contribution < -0.4 is 5.32 Å². The average molecular weight is 269 g/mol. The average Bonchev–Trinajstić information content (AvgIpc) is 3.11. The van der Waals surface area contributed by atoms with Gasteiger partial charge in [0.1, 0.15) is 5.76 Å². The van der Waals surface area contributed by atoms with Gasteiger partial charge in [-0.25, -0.2) is 4.98 Å². The normalized spacial score (nSPS) is 10.8. The van der Waals surface area contributed by atoms with Gasteiger partial charge in [0.2, 0.25) is 5.89 Å². The fourth-order valence-corrected chi connectivity index (χ4v) is 2.10. The summed E-state index contributed by atoms with van der Waals surface area (Å²) in [7, 11) is 0. The van der Waals surface area contributed by atoms with E-state index in [0.717, 1.165) is 23.1 Å². The van der Waals surface area contributed by atoms with E-state index in [9.17, 15) is 4.79 Å². The monoisotopic (exact) mass is 269 g/mol. The lowest BCUT2D eigenvalue weighted by Crippen LogP contribution is -2.22. The Morgan fingerprint density at radius 2 is 2.25 bits per heavy atom. The molecule has 20 heavy (non-hydrogen) atoms. The molecule has 2 N–H and O–H groups in total. The van der Waals surface area contributed by atoms with E-state index in [-0.39, 0.29) is 5.91 Å². The molecule has 102 valence electrons. The van der Waals surface area contributed by atoms with Crippen LogP contribution in [0.3, 0.4) is 0 Å². The van der Waals surface area contributed by atoms with Gasteiger partial charge in [-0.05, 0) is 6.07 Å². The van der Waals surface area contributed by atoms with Gasteiger partial charge in [-0.2, -0.15) is 0 Å². The Bertz CT molecular complexity index is 742. The minimum atomic E-state index is -0.140. The van der Waals surface area contributed by atoms with E-state index in [4.69, 9.17) is 4.42 Å². The Labute approximate surface area is 116 Å². The van der Waals surface area contributed by atoms with Crippen LogP contribution in [0.1, 0.15) is 28.9 Å². The molecule has 0 unspecified atom stereocenters. The highest BCUT2D eigenvalue weighted by molar-refractivity contribution is 6.06. The molecule has 5 nitrogen and oxygen atoms in total. The molecule has 0 atom stereocenters. The number of hydrogen-bond donors (Lipinski definition) is 2. The molecule has 0 aliphatic heterocycles. The highest BCUT2D eigenvalue weighted by Crippen LogP contribution is 2.17. The number of hydrogen-bond acceptors (Lipinski definition) is 3. The number of H-pyrrole nitrogens is 1. The molecule has 0 saturated carbocycles. The quantitative estimate of drug-likeness (QED) is 0.765. The molecule has 0 radical (unpaired) electrons. The highest BCUT2D eigenvalue weighted by Gasteiger charge is 2.12. The van der Waals surface area contributed by atoms with Crippen molar-refractivity contribution in [3.8, 4) is 0 Å². The lowest BCUT2D eigenvalue weighted by molar-refractivity contribution is 0.0949. The van der Waals surface area contributed by atoms with Crippen LogP contribution in [0.4, 0.5) is 0 Å². The van der Waals surface area contributed by atoms with Crippen molar-refractivity contribution >= 4 is 16.8 Å². The maximum absolute atomic E-state index is 12.2. The Hall–Kier alpha value is -2.56. The SMILES string of the molecule is CCc1cnc(CNC(=O)c2c[nH]c3ccccc23)o1. The Kier molecular flexibility index (Phi) is 3.25. The molecule has 1 amide bonds. The fourth-order valence-electron chi connectivity index (χ4n) is 2.10. The summed E-state index contributed by atoms with van der Waals surface area (Å²) in [6.07, 6.45) is 4.20. The van der Waals surface area contributed by atoms with Crippen LogP contribution in [0.25, 0.3) is 10.9 Å². The summed E-state index contributed by atoms with van der Waals surface area (Å²) < 4.78 is 5.45. The molecule has 0 fully saturated rings. The van der Waals surface area contributed by atoms with Crippen LogP contribution in [-0.4, -0.2) is 15.9 Å². The Morgan fingerprint density at radius 1 is 1.40 bits per heavy atom. The molecule has 0 aliphatic rings. The zero-order chi connectivity index (χ0) is 13.9. The van der Waals surface area contributed by atoms with Gasteiger partial charge in [0, 0.05) is 23.5 Å². The number of oxazole rings is 1. The molecule has 2 aromatic heterocycles. The predicted molar refractivity (Wildman–Crippen MR) is 75.3 cm³/mol. The van der Waals surface area contributed by atoms with Crippen molar-refractivity contribution in [2.45, 2.75) is 19.9 Å². The number of amides is 1. The van der Waals surface area contributed by atoms with E-state index in [1.165, 1.54) is 0 Å². The first-order chi connectivity index (χ1) is 9.78. The van der Waals surface area contributed by atoms with Crippen LogP contribution in [0.15, 0.2) is 41.1 Å². The van der Waals surface area contributed by atoms with Gasteiger partial charge in [-0.3, -0.25) is 4.79 Å². The summed E-state index contributed by atoms with van der Waals surface area (Å²) in [5.74, 6) is 1.20. The summed E-state index contributed by atoms with van der Waals surface area (Å²) in [5, 5.41) is 3.72. The molecule has 0 spiro atoms. The second kappa shape index (κ2) is 5.21. The third-order valence-corrected chi connectivity index (χ3v) is 3.18. The van der Waals surface area contributed by atoms with Crippen molar-refractivity contribution in [3.05, 3.63) is 53.9 Å². The lowest BCUT2D eigenvalue weighted by atomic mass is 10.1. The lowest BCUT2D eigenvalue weighted by Gasteiger charge is -2.01. The highest BCUT2D eigenvalue weighted by atomic mass is 16.4. The number of aromatic amines is 1. The van der Waals surface area contributed by atoms with Crippen LogP contribution >= 0.6 is 0 Å². The summed E-state index contributed by atoms with van der Waals surface area (Å²) in [5.41, 5.74) is 1.57. The first-order valence-electron chi connectivity index (χ1n) is 6.56. The summed E-state index contributed by atoms with van der Waals surface area (Å²) in [6.45, 7) is 2.28. The zero-order valence-corrected chi connectivity index (χ0v) is 11.1. The smallest absolute Gasteiger partial charge is 0.253 e. The van der Waals surface area contributed by atoms with Crippen LogP contribution in [-0.2, 0) is 13.0 Å².